The Hall–Kier alpha value is -3.61. The van der Waals surface area contributed by atoms with E-state index in [1.165, 1.54) is 6.33 Å². The molecule has 7 heteroatoms. The van der Waals surface area contributed by atoms with Crippen molar-refractivity contribution in [2.45, 2.75) is 39.8 Å². The molecule has 1 aliphatic rings. The highest BCUT2D eigenvalue weighted by atomic mass is 16.5. The number of nitrogens with one attached hydrogen (secondary N) is 2. The highest BCUT2D eigenvalue weighted by molar-refractivity contribution is 6.06. The number of carbonyl (C=O) groups excluding carboxylic acids is 1. The largest absolute Gasteiger partial charge is 0.491 e. The molecule has 2 N–H and O–H groups in total. The van der Waals surface area contributed by atoms with E-state index in [-0.39, 0.29) is 12.0 Å². The summed E-state index contributed by atoms with van der Waals surface area (Å²) in [5.41, 5.74) is 4.09. The van der Waals surface area contributed by atoms with Gasteiger partial charge in [0.05, 0.1) is 11.7 Å². The summed E-state index contributed by atoms with van der Waals surface area (Å²) in [6.07, 6.45) is 1.58. The Kier molecular flexibility index (Phi) is 5.27. The molecule has 4 rings (SSSR count). The normalized spacial score (nSPS) is 15.6. The molecule has 3 aromatic rings. The zero-order valence-corrected chi connectivity index (χ0v) is 17.5. The van der Waals surface area contributed by atoms with Gasteiger partial charge in [-0.15, -0.1) is 0 Å². The van der Waals surface area contributed by atoms with E-state index in [1.54, 1.807) is 4.68 Å². The van der Waals surface area contributed by atoms with Gasteiger partial charge in [-0.05, 0) is 63.1 Å². The van der Waals surface area contributed by atoms with Crippen molar-refractivity contribution in [2.75, 3.05) is 10.6 Å². The average Bonchev–Trinajstić information content (AvgIpc) is 3.15. The van der Waals surface area contributed by atoms with Crippen molar-refractivity contribution in [2.24, 2.45) is 0 Å². The fraction of sp³-hybridized carbons (Fsp3) is 0.261. The van der Waals surface area contributed by atoms with Crippen molar-refractivity contribution in [3.8, 4) is 5.75 Å². The average molecular weight is 403 g/mol. The number of carbonyl (C=O) groups is 1. The third-order valence-corrected chi connectivity index (χ3v) is 4.88. The lowest BCUT2D eigenvalue weighted by atomic mass is 9.95. The molecular formula is C23H25N5O2. The van der Waals surface area contributed by atoms with Crippen molar-refractivity contribution >= 4 is 17.5 Å². The summed E-state index contributed by atoms with van der Waals surface area (Å²) in [5, 5.41) is 10.6. The molecule has 0 aliphatic carbocycles. The Bertz CT molecular complexity index is 1100. The van der Waals surface area contributed by atoms with Gasteiger partial charge in [-0.25, -0.2) is 4.68 Å². The molecule has 0 saturated heterocycles. The number of amides is 1. The number of allylic oxidation sites excluding steroid dienone is 1. The molecule has 7 nitrogen and oxygen atoms in total. The summed E-state index contributed by atoms with van der Waals surface area (Å²) < 4.78 is 7.49. The van der Waals surface area contributed by atoms with Gasteiger partial charge in [-0.3, -0.25) is 4.79 Å². The van der Waals surface area contributed by atoms with E-state index >= 15 is 0 Å². The fourth-order valence-electron chi connectivity index (χ4n) is 3.62. The van der Waals surface area contributed by atoms with Crippen LogP contribution in [-0.4, -0.2) is 26.8 Å². The van der Waals surface area contributed by atoms with Gasteiger partial charge in [-0.1, -0.05) is 24.3 Å². The van der Waals surface area contributed by atoms with Crippen molar-refractivity contribution < 1.29 is 9.53 Å². The second-order valence-corrected chi connectivity index (χ2v) is 7.65. The smallest absolute Gasteiger partial charge is 0.255 e. The van der Waals surface area contributed by atoms with Crippen LogP contribution < -0.4 is 15.4 Å². The van der Waals surface area contributed by atoms with E-state index in [0.717, 1.165) is 28.3 Å². The number of hydrogen-bond acceptors (Lipinski definition) is 5. The number of aryl methyl sites for hydroxylation is 1. The number of fused-ring (bicyclic) bond motifs is 1. The van der Waals surface area contributed by atoms with E-state index < -0.39 is 6.04 Å². The third kappa shape index (κ3) is 3.91. The maximum atomic E-state index is 13.3. The molecule has 1 unspecified atom stereocenters. The summed E-state index contributed by atoms with van der Waals surface area (Å²) in [6, 6.07) is 15.1. The molecule has 0 radical (unpaired) electrons. The summed E-state index contributed by atoms with van der Waals surface area (Å²) in [6.45, 7) is 7.85. The summed E-state index contributed by atoms with van der Waals surface area (Å²) >= 11 is 0. The van der Waals surface area contributed by atoms with Gasteiger partial charge < -0.3 is 15.4 Å². The van der Waals surface area contributed by atoms with Crippen molar-refractivity contribution in [3.63, 3.8) is 0 Å². The number of ether oxygens (including phenoxy) is 1. The number of aromatic nitrogens is 3. The molecule has 1 aromatic heterocycles. The van der Waals surface area contributed by atoms with E-state index in [4.69, 9.17) is 4.74 Å². The maximum Gasteiger partial charge on any atom is 0.255 e. The molecule has 2 aromatic carbocycles. The third-order valence-electron chi connectivity index (χ3n) is 4.88. The number of rotatable bonds is 5. The molecular weight excluding hydrogens is 378 g/mol. The second kappa shape index (κ2) is 8.02. The number of benzene rings is 2. The van der Waals surface area contributed by atoms with Gasteiger partial charge in [0.15, 0.2) is 0 Å². The Labute approximate surface area is 175 Å². The van der Waals surface area contributed by atoms with E-state index in [0.29, 0.717) is 11.5 Å². The highest BCUT2D eigenvalue weighted by Crippen LogP contribution is 2.35. The minimum absolute atomic E-state index is 0.0921. The minimum Gasteiger partial charge on any atom is -0.491 e. The van der Waals surface area contributed by atoms with Crippen LogP contribution in [0.4, 0.5) is 11.6 Å². The maximum absolute atomic E-state index is 13.3. The van der Waals surface area contributed by atoms with Crippen LogP contribution in [0.15, 0.2) is 66.1 Å². The van der Waals surface area contributed by atoms with Crippen molar-refractivity contribution in [1.82, 2.24) is 14.8 Å². The highest BCUT2D eigenvalue weighted by Gasteiger charge is 2.33. The predicted molar refractivity (Wildman–Crippen MR) is 116 cm³/mol. The molecule has 2 heterocycles. The molecule has 0 bridgehead atoms. The van der Waals surface area contributed by atoms with E-state index in [1.807, 2.05) is 76.2 Å². The topological polar surface area (TPSA) is 81.1 Å². The SMILES string of the molecule is CC1=C(C(=O)Nc2cccc(C)c2)C(c2ccc(OC(C)C)cc2)n2ncnc2N1. The lowest BCUT2D eigenvalue weighted by molar-refractivity contribution is -0.113. The molecule has 0 spiro atoms. The summed E-state index contributed by atoms with van der Waals surface area (Å²) in [4.78, 5) is 17.6. The number of nitrogens with zero attached hydrogens (tertiary/aromatic N) is 3. The van der Waals surface area contributed by atoms with Crippen molar-refractivity contribution in [1.29, 1.82) is 0 Å². The molecule has 30 heavy (non-hydrogen) atoms. The first-order valence-corrected chi connectivity index (χ1v) is 9.94. The lowest BCUT2D eigenvalue weighted by Gasteiger charge is -2.29. The standard InChI is InChI=1S/C23H25N5O2/c1-14(2)30-19-10-8-17(9-11-19)21-20(16(4)26-23-24-13-25-28(21)23)22(29)27-18-7-5-6-15(3)12-18/h5-14,21H,1-4H3,(H,27,29)(H,24,25,26). The van der Waals surface area contributed by atoms with Crippen LogP contribution in [0.2, 0.25) is 0 Å². The second-order valence-electron chi connectivity index (χ2n) is 7.65. The van der Waals surface area contributed by atoms with Gasteiger partial charge >= 0.3 is 0 Å². The van der Waals surface area contributed by atoms with Gasteiger partial charge in [0.1, 0.15) is 18.1 Å². The van der Waals surface area contributed by atoms with Crippen LogP contribution in [0.3, 0.4) is 0 Å². The predicted octanol–water partition coefficient (Wildman–Crippen LogP) is 4.30. The molecule has 154 valence electrons. The monoisotopic (exact) mass is 403 g/mol. The van der Waals surface area contributed by atoms with Crippen LogP contribution in [-0.2, 0) is 4.79 Å². The van der Waals surface area contributed by atoms with Gasteiger partial charge in [0.2, 0.25) is 5.95 Å². The zero-order valence-electron chi connectivity index (χ0n) is 17.5. The first-order chi connectivity index (χ1) is 14.4. The Morgan fingerprint density at radius 2 is 1.93 bits per heavy atom. The van der Waals surface area contributed by atoms with Crippen LogP contribution in [0, 0.1) is 6.92 Å². The van der Waals surface area contributed by atoms with Crippen LogP contribution >= 0.6 is 0 Å². The van der Waals surface area contributed by atoms with Crippen LogP contribution in [0.5, 0.6) is 5.75 Å². The quantitative estimate of drug-likeness (QED) is 0.664. The lowest BCUT2D eigenvalue weighted by Crippen LogP contribution is -2.31. The fourth-order valence-corrected chi connectivity index (χ4v) is 3.62. The first kappa shape index (κ1) is 19.7. The summed E-state index contributed by atoms with van der Waals surface area (Å²) in [5.74, 6) is 1.21. The van der Waals surface area contributed by atoms with Gasteiger partial charge in [-0.2, -0.15) is 10.1 Å². The first-order valence-electron chi connectivity index (χ1n) is 9.94. The van der Waals surface area contributed by atoms with Crippen molar-refractivity contribution in [3.05, 3.63) is 77.3 Å². The molecule has 1 atom stereocenters. The molecule has 0 fully saturated rings. The van der Waals surface area contributed by atoms with Gasteiger partial charge in [0, 0.05) is 11.4 Å². The Morgan fingerprint density at radius 1 is 1.17 bits per heavy atom. The Morgan fingerprint density at radius 3 is 2.63 bits per heavy atom. The van der Waals surface area contributed by atoms with Gasteiger partial charge in [0.25, 0.3) is 5.91 Å². The van der Waals surface area contributed by atoms with Crippen LogP contribution in [0.1, 0.15) is 37.9 Å². The summed E-state index contributed by atoms with van der Waals surface area (Å²) in [7, 11) is 0. The Balaban J connectivity index is 1.71. The van der Waals surface area contributed by atoms with E-state index in [9.17, 15) is 4.79 Å². The van der Waals surface area contributed by atoms with E-state index in [2.05, 4.69) is 20.7 Å². The minimum atomic E-state index is -0.401. The zero-order chi connectivity index (χ0) is 21.3. The molecule has 1 aliphatic heterocycles. The molecule has 0 saturated carbocycles. The molecule has 1 amide bonds. The van der Waals surface area contributed by atoms with Crippen LogP contribution in [0.25, 0.3) is 0 Å². The number of anilines is 2. The number of hydrogen-bond donors (Lipinski definition) is 2.